The molecule has 38 heavy (non-hydrogen) atoms. The molecule has 0 bridgehead atoms. The monoisotopic (exact) mass is 513 g/mol. The van der Waals surface area contributed by atoms with Crippen molar-refractivity contribution < 1.29 is 19.1 Å². The van der Waals surface area contributed by atoms with Crippen molar-refractivity contribution in [2.75, 3.05) is 13.2 Å². The molecular weight excluding hydrogens is 474 g/mol. The minimum absolute atomic E-state index is 0.0159. The fourth-order valence-corrected chi connectivity index (χ4v) is 5.80. The van der Waals surface area contributed by atoms with Gasteiger partial charge in [-0.3, -0.25) is 4.79 Å². The fourth-order valence-electron chi connectivity index (χ4n) is 5.80. The Morgan fingerprint density at radius 2 is 1.63 bits per heavy atom. The molecule has 5 rings (SSSR count). The number of nitrogens with zero attached hydrogens (tertiary/aromatic N) is 1. The number of hydrogen-bond acceptors (Lipinski definition) is 4. The highest BCUT2D eigenvalue weighted by atomic mass is 16.5. The van der Waals surface area contributed by atoms with Gasteiger partial charge in [-0.15, -0.1) is 0 Å². The lowest BCUT2D eigenvalue weighted by Crippen LogP contribution is -2.43. The van der Waals surface area contributed by atoms with Crippen LogP contribution in [0.25, 0.3) is 21.9 Å². The van der Waals surface area contributed by atoms with Crippen molar-refractivity contribution in [2.24, 2.45) is 17.3 Å². The Bertz CT molecular complexity index is 1360. The van der Waals surface area contributed by atoms with Crippen LogP contribution in [0.15, 0.2) is 77.2 Å². The van der Waals surface area contributed by atoms with Gasteiger partial charge in [0.2, 0.25) is 5.91 Å². The van der Waals surface area contributed by atoms with Crippen LogP contribution in [-0.2, 0) is 11.3 Å². The third kappa shape index (κ3) is 6.05. The number of rotatable bonds is 8. The highest BCUT2D eigenvalue weighted by Crippen LogP contribution is 2.40. The highest BCUT2D eigenvalue weighted by molar-refractivity contribution is 6.05. The summed E-state index contributed by atoms with van der Waals surface area (Å²) in [5.41, 5.74) is 2.98. The van der Waals surface area contributed by atoms with Crippen LogP contribution >= 0.6 is 0 Å². The smallest absolute Gasteiger partial charge is 0.226 e. The maximum absolute atomic E-state index is 13.7. The van der Waals surface area contributed by atoms with E-state index in [9.17, 15) is 9.90 Å². The lowest BCUT2D eigenvalue weighted by molar-refractivity contribution is -0.139. The topological polar surface area (TPSA) is 62.9 Å². The molecule has 1 aliphatic carbocycles. The van der Waals surface area contributed by atoms with Gasteiger partial charge in [-0.05, 0) is 66.8 Å². The highest BCUT2D eigenvalue weighted by Gasteiger charge is 2.34. The molecule has 3 aromatic carbocycles. The van der Waals surface area contributed by atoms with Crippen LogP contribution < -0.4 is 4.74 Å². The predicted octanol–water partition coefficient (Wildman–Crippen LogP) is 7.21. The Morgan fingerprint density at radius 3 is 2.37 bits per heavy atom. The van der Waals surface area contributed by atoms with E-state index in [1.54, 1.807) is 0 Å². The van der Waals surface area contributed by atoms with E-state index in [0.717, 1.165) is 53.2 Å². The number of hydrogen-bond donors (Lipinski definition) is 1. The molecule has 0 spiro atoms. The summed E-state index contributed by atoms with van der Waals surface area (Å²) in [6.07, 6.45) is 3.19. The number of furan rings is 1. The van der Waals surface area contributed by atoms with E-state index in [4.69, 9.17) is 9.15 Å². The number of fused-ring (bicyclic) bond motifs is 3. The maximum atomic E-state index is 13.7. The van der Waals surface area contributed by atoms with E-state index in [2.05, 4.69) is 20.8 Å². The molecule has 1 N–H and O–H groups in total. The summed E-state index contributed by atoms with van der Waals surface area (Å²) < 4.78 is 11.9. The van der Waals surface area contributed by atoms with Gasteiger partial charge in [-0.2, -0.15) is 0 Å². The van der Waals surface area contributed by atoms with E-state index in [0.29, 0.717) is 18.2 Å². The van der Waals surface area contributed by atoms with Gasteiger partial charge in [0.1, 0.15) is 29.6 Å². The van der Waals surface area contributed by atoms with Crippen molar-refractivity contribution in [1.29, 1.82) is 0 Å². The minimum atomic E-state index is -0.801. The van der Waals surface area contributed by atoms with Crippen LogP contribution in [0, 0.1) is 17.3 Å². The molecule has 4 aromatic rings. The molecule has 0 aliphatic heterocycles. The molecule has 1 aliphatic rings. The van der Waals surface area contributed by atoms with E-state index in [-0.39, 0.29) is 30.4 Å². The molecule has 5 nitrogen and oxygen atoms in total. The number of aliphatic hydroxyl groups excluding tert-OH is 1. The average molecular weight is 514 g/mol. The first-order valence-corrected chi connectivity index (χ1v) is 13.8. The summed E-state index contributed by atoms with van der Waals surface area (Å²) in [7, 11) is 0. The number of para-hydroxylation sites is 1. The lowest BCUT2D eigenvalue weighted by atomic mass is 9.69. The molecule has 1 atom stereocenters. The number of ether oxygens (including phenoxy) is 1. The number of amides is 1. The minimum Gasteiger partial charge on any atom is -0.491 e. The molecule has 1 unspecified atom stereocenters. The molecule has 1 heterocycles. The molecule has 1 aromatic heterocycles. The molecule has 1 amide bonds. The maximum Gasteiger partial charge on any atom is 0.226 e. The Kier molecular flexibility index (Phi) is 7.75. The third-order valence-corrected chi connectivity index (χ3v) is 8.05. The van der Waals surface area contributed by atoms with E-state index < -0.39 is 6.10 Å². The first kappa shape index (κ1) is 26.3. The second-order valence-corrected chi connectivity index (χ2v) is 11.8. The molecule has 200 valence electrons. The molecule has 5 heteroatoms. The van der Waals surface area contributed by atoms with Crippen LogP contribution in [0.2, 0.25) is 0 Å². The van der Waals surface area contributed by atoms with Gasteiger partial charge in [0.15, 0.2) is 0 Å². The summed E-state index contributed by atoms with van der Waals surface area (Å²) in [5.74, 6) is 1.48. The van der Waals surface area contributed by atoms with Gasteiger partial charge in [0.25, 0.3) is 0 Å². The van der Waals surface area contributed by atoms with Crippen LogP contribution in [0.5, 0.6) is 5.75 Å². The first-order valence-electron chi connectivity index (χ1n) is 13.8. The van der Waals surface area contributed by atoms with Crippen molar-refractivity contribution in [1.82, 2.24) is 4.90 Å². The van der Waals surface area contributed by atoms with Crippen LogP contribution in [0.4, 0.5) is 0 Å². The van der Waals surface area contributed by atoms with Crippen LogP contribution in [0.3, 0.4) is 0 Å². The molecule has 0 radical (unpaired) electrons. The van der Waals surface area contributed by atoms with Gasteiger partial charge in [-0.1, -0.05) is 69.3 Å². The molecular formula is C33H39NO4. The van der Waals surface area contributed by atoms with Crippen molar-refractivity contribution in [3.63, 3.8) is 0 Å². The first-order chi connectivity index (χ1) is 18.3. The number of aliphatic hydroxyl groups is 1. The van der Waals surface area contributed by atoms with Crippen LogP contribution in [0.1, 0.15) is 52.0 Å². The Morgan fingerprint density at radius 1 is 0.947 bits per heavy atom. The van der Waals surface area contributed by atoms with Gasteiger partial charge in [0, 0.05) is 23.2 Å². The standard InChI is InChI=1S/C33H39NO4/c1-33(2,3)25-15-13-24(14-16-25)32(36)34(20-23-9-5-4-6-10-23)21-26(35)22-37-27-17-18-31-29(19-27)28-11-7-8-12-30(28)38-31/h4-12,17-19,24-26,35H,13-16,20-22H2,1-3H3. The third-order valence-electron chi connectivity index (χ3n) is 8.05. The Balaban J connectivity index is 1.25. The zero-order valence-corrected chi connectivity index (χ0v) is 22.7. The predicted molar refractivity (Wildman–Crippen MR) is 152 cm³/mol. The normalized spacial score (nSPS) is 18.9. The van der Waals surface area contributed by atoms with E-state index >= 15 is 0 Å². The Labute approximate surface area is 225 Å². The van der Waals surface area contributed by atoms with Crippen LogP contribution in [-0.4, -0.2) is 35.2 Å². The van der Waals surface area contributed by atoms with Crippen molar-refractivity contribution >= 4 is 27.8 Å². The zero-order valence-electron chi connectivity index (χ0n) is 22.7. The van der Waals surface area contributed by atoms with Gasteiger partial charge < -0.3 is 19.2 Å². The fraction of sp³-hybridized carbons (Fsp3) is 0.424. The van der Waals surface area contributed by atoms with Crippen molar-refractivity contribution in [3.8, 4) is 5.75 Å². The second-order valence-electron chi connectivity index (χ2n) is 11.8. The van der Waals surface area contributed by atoms with E-state index in [1.165, 1.54) is 0 Å². The van der Waals surface area contributed by atoms with Crippen molar-refractivity contribution in [2.45, 2.75) is 59.1 Å². The SMILES string of the molecule is CC(C)(C)C1CCC(C(=O)N(Cc2ccccc2)CC(O)COc2ccc3oc4ccccc4c3c2)CC1. The summed E-state index contributed by atoms with van der Waals surface area (Å²) in [6, 6.07) is 23.7. The molecule has 1 fully saturated rings. The lowest BCUT2D eigenvalue weighted by Gasteiger charge is -2.38. The Hall–Kier alpha value is -3.31. The summed E-state index contributed by atoms with van der Waals surface area (Å²) in [5, 5.41) is 13.0. The zero-order chi connectivity index (χ0) is 26.7. The summed E-state index contributed by atoms with van der Waals surface area (Å²) in [6.45, 7) is 7.73. The number of carbonyl (C=O) groups excluding carboxylic acids is 1. The quantitative estimate of drug-likeness (QED) is 0.270. The number of carbonyl (C=O) groups is 1. The molecule has 1 saturated carbocycles. The van der Waals surface area contributed by atoms with Gasteiger partial charge >= 0.3 is 0 Å². The summed E-state index contributed by atoms with van der Waals surface area (Å²) >= 11 is 0. The van der Waals surface area contributed by atoms with Gasteiger partial charge in [0.05, 0.1) is 6.54 Å². The average Bonchev–Trinajstić information content (AvgIpc) is 3.29. The van der Waals surface area contributed by atoms with Crippen molar-refractivity contribution in [3.05, 3.63) is 78.4 Å². The second kappa shape index (κ2) is 11.2. The van der Waals surface area contributed by atoms with E-state index in [1.807, 2.05) is 77.7 Å². The summed E-state index contributed by atoms with van der Waals surface area (Å²) in [4.78, 5) is 15.5. The molecule has 0 saturated heterocycles. The van der Waals surface area contributed by atoms with Gasteiger partial charge in [-0.25, -0.2) is 0 Å². The largest absolute Gasteiger partial charge is 0.491 e. The number of benzene rings is 3.